The van der Waals surface area contributed by atoms with E-state index < -0.39 is 0 Å². The molecule has 1 aromatic heterocycles. The molecular weight excluding hydrogens is 284 g/mol. The highest BCUT2D eigenvalue weighted by Gasteiger charge is 2.09. The third-order valence-electron chi connectivity index (χ3n) is 3.23. The van der Waals surface area contributed by atoms with E-state index in [1.54, 1.807) is 36.5 Å². The Labute approximate surface area is 127 Å². The normalized spacial score (nSPS) is 10.6. The first-order chi connectivity index (χ1) is 10.1. The Balaban J connectivity index is 1.98. The average Bonchev–Trinajstić information content (AvgIpc) is 2.48. The third-order valence-corrected chi connectivity index (χ3v) is 3.47. The van der Waals surface area contributed by atoms with Gasteiger partial charge >= 0.3 is 0 Å². The zero-order chi connectivity index (χ0) is 14.8. The van der Waals surface area contributed by atoms with Gasteiger partial charge in [0.1, 0.15) is 0 Å². The van der Waals surface area contributed by atoms with Gasteiger partial charge in [-0.05, 0) is 43.3 Å². The van der Waals surface area contributed by atoms with Crippen LogP contribution in [0.15, 0.2) is 54.7 Å². The molecule has 1 amide bonds. The Morgan fingerprint density at radius 1 is 1.14 bits per heavy atom. The van der Waals surface area contributed by atoms with E-state index in [-0.39, 0.29) is 5.91 Å². The van der Waals surface area contributed by atoms with Crippen molar-refractivity contribution < 1.29 is 4.79 Å². The maximum absolute atomic E-state index is 12.3. The van der Waals surface area contributed by atoms with Gasteiger partial charge in [0, 0.05) is 22.2 Å². The van der Waals surface area contributed by atoms with Crippen LogP contribution in [0.3, 0.4) is 0 Å². The van der Waals surface area contributed by atoms with Crippen LogP contribution in [0, 0.1) is 6.92 Å². The van der Waals surface area contributed by atoms with E-state index in [0.29, 0.717) is 10.6 Å². The number of rotatable bonds is 2. The van der Waals surface area contributed by atoms with Gasteiger partial charge in [-0.3, -0.25) is 9.78 Å². The predicted octanol–water partition coefficient (Wildman–Crippen LogP) is 4.45. The third kappa shape index (κ3) is 2.88. The van der Waals surface area contributed by atoms with Crippen LogP contribution in [-0.4, -0.2) is 10.9 Å². The molecule has 104 valence electrons. The zero-order valence-corrected chi connectivity index (χ0v) is 12.2. The van der Waals surface area contributed by atoms with Crippen molar-refractivity contribution in [2.45, 2.75) is 6.92 Å². The summed E-state index contributed by atoms with van der Waals surface area (Å²) in [5.41, 5.74) is 3.24. The highest BCUT2D eigenvalue weighted by Crippen LogP contribution is 2.23. The van der Waals surface area contributed by atoms with Crippen molar-refractivity contribution in [1.29, 1.82) is 0 Å². The molecule has 3 nitrogen and oxygen atoms in total. The summed E-state index contributed by atoms with van der Waals surface area (Å²) < 4.78 is 0. The molecule has 0 aliphatic heterocycles. The number of amides is 1. The monoisotopic (exact) mass is 296 g/mol. The summed E-state index contributed by atoms with van der Waals surface area (Å²) in [6.45, 7) is 2.01. The van der Waals surface area contributed by atoms with Crippen molar-refractivity contribution in [3.05, 3.63) is 70.9 Å². The summed E-state index contributed by atoms with van der Waals surface area (Å²) in [7, 11) is 0. The van der Waals surface area contributed by atoms with Gasteiger partial charge in [0.15, 0.2) is 0 Å². The number of nitrogens with one attached hydrogen (secondary N) is 1. The minimum Gasteiger partial charge on any atom is -0.321 e. The molecule has 2 aromatic carbocycles. The van der Waals surface area contributed by atoms with Crippen LogP contribution < -0.4 is 5.32 Å². The van der Waals surface area contributed by atoms with Crippen molar-refractivity contribution in [2.75, 3.05) is 5.32 Å². The van der Waals surface area contributed by atoms with E-state index >= 15 is 0 Å². The zero-order valence-electron chi connectivity index (χ0n) is 11.4. The number of benzene rings is 2. The number of nitrogens with zero attached hydrogens (tertiary/aromatic N) is 1. The molecule has 0 spiro atoms. The summed E-state index contributed by atoms with van der Waals surface area (Å²) in [4.78, 5) is 16.6. The summed E-state index contributed by atoms with van der Waals surface area (Å²) in [5.74, 6) is -0.188. The van der Waals surface area contributed by atoms with Gasteiger partial charge in [-0.25, -0.2) is 0 Å². The van der Waals surface area contributed by atoms with Crippen LogP contribution in [0.2, 0.25) is 5.02 Å². The molecule has 4 heteroatoms. The minimum atomic E-state index is -0.188. The number of aryl methyl sites for hydroxylation is 1. The Hall–Kier alpha value is -2.39. The Morgan fingerprint density at radius 3 is 2.81 bits per heavy atom. The number of aromatic nitrogens is 1. The quantitative estimate of drug-likeness (QED) is 0.759. The maximum atomic E-state index is 12.3. The standard InChI is InChI=1S/C17H13ClN2O/c1-11-5-6-15-14(9-11)16(7-8-19-15)20-17(21)12-3-2-4-13(18)10-12/h2-10H,1H3,(H,19,20,21). The molecule has 0 aliphatic rings. The molecule has 1 N–H and O–H groups in total. The number of anilines is 1. The molecule has 0 atom stereocenters. The lowest BCUT2D eigenvalue weighted by molar-refractivity contribution is 0.102. The Morgan fingerprint density at radius 2 is 2.00 bits per heavy atom. The lowest BCUT2D eigenvalue weighted by Gasteiger charge is -2.09. The molecule has 3 rings (SSSR count). The molecule has 3 aromatic rings. The number of pyridine rings is 1. The predicted molar refractivity (Wildman–Crippen MR) is 85.9 cm³/mol. The van der Waals surface area contributed by atoms with E-state index in [0.717, 1.165) is 22.2 Å². The van der Waals surface area contributed by atoms with E-state index in [4.69, 9.17) is 11.6 Å². The van der Waals surface area contributed by atoms with Gasteiger partial charge in [0.2, 0.25) is 0 Å². The first kappa shape index (κ1) is 13.6. The van der Waals surface area contributed by atoms with Gasteiger partial charge in [-0.15, -0.1) is 0 Å². The largest absolute Gasteiger partial charge is 0.321 e. The molecule has 21 heavy (non-hydrogen) atoms. The van der Waals surface area contributed by atoms with Crippen molar-refractivity contribution >= 4 is 34.1 Å². The molecule has 0 bridgehead atoms. The summed E-state index contributed by atoms with van der Waals surface area (Å²) in [6.07, 6.45) is 1.69. The lowest BCUT2D eigenvalue weighted by Crippen LogP contribution is -2.12. The Kier molecular flexibility index (Phi) is 3.59. The second-order valence-electron chi connectivity index (χ2n) is 4.84. The van der Waals surface area contributed by atoms with Crippen molar-refractivity contribution in [3.63, 3.8) is 0 Å². The fourth-order valence-corrected chi connectivity index (χ4v) is 2.38. The summed E-state index contributed by atoms with van der Waals surface area (Å²) >= 11 is 5.92. The fourth-order valence-electron chi connectivity index (χ4n) is 2.19. The SMILES string of the molecule is Cc1ccc2nccc(NC(=O)c3cccc(Cl)c3)c2c1. The van der Waals surface area contributed by atoms with Crippen molar-refractivity contribution in [1.82, 2.24) is 4.98 Å². The van der Waals surface area contributed by atoms with Gasteiger partial charge in [0.25, 0.3) is 5.91 Å². The molecular formula is C17H13ClN2O. The lowest BCUT2D eigenvalue weighted by atomic mass is 10.1. The van der Waals surface area contributed by atoms with Gasteiger partial charge in [-0.2, -0.15) is 0 Å². The fraction of sp³-hybridized carbons (Fsp3) is 0.0588. The first-order valence-corrected chi connectivity index (χ1v) is 6.93. The number of carbonyl (C=O) groups excluding carboxylic acids is 1. The Bertz CT molecular complexity index is 830. The maximum Gasteiger partial charge on any atom is 0.255 e. The molecule has 0 radical (unpaired) electrons. The number of halogens is 1. The van der Waals surface area contributed by atoms with Gasteiger partial charge in [0.05, 0.1) is 11.2 Å². The van der Waals surface area contributed by atoms with Crippen LogP contribution in [0.1, 0.15) is 15.9 Å². The van der Waals surface area contributed by atoms with Crippen LogP contribution in [0.25, 0.3) is 10.9 Å². The van der Waals surface area contributed by atoms with Gasteiger partial charge < -0.3 is 5.32 Å². The van der Waals surface area contributed by atoms with Crippen LogP contribution in [-0.2, 0) is 0 Å². The minimum absolute atomic E-state index is 0.188. The van der Waals surface area contributed by atoms with Crippen molar-refractivity contribution in [2.24, 2.45) is 0 Å². The number of fused-ring (bicyclic) bond motifs is 1. The van der Waals surface area contributed by atoms with E-state index in [1.807, 2.05) is 25.1 Å². The van der Waals surface area contributed by atoms with Crippen molar-refractivity contribution in [3.8, 4) is 0 Å². The van der Waals surface area contributed by atoms with Crippen LogP contribution >= 0.6 is 11.6 Å². The number of carbonyl (C=O) groups is 1. The second kappa shape index (κ2) is 5.54. The van der Waals surface area contributed by atoms with Crippen LogP contribution in [0.4, 0.5) is 5.69 Å². The molecule has 0 aliphatic carbocycles. The summed E-state index contributed by atoms with van der Waals surface area (Å²) in [5, 5.41) is 4.38. The molecule has 0 fully saturated rings. The average molecular weight is 297 g/mol. The van der Waals surface area contributed by atoms with E-state index in [9.17, 15) is 4.79 Å². The smallest absolute Gasteiger partial charge is 0.255 e. The van der Waals surface area contributed by atoms with Crippen LogP contribution in [0.5, 0.6) is 0 Å². The number of hydrogen-bond acceptors (Lipinski definition) is 2. The summed E-state index contributed by atoms with van der Waals surface area (Å²) in [6, 6.07) is 14.6. The number of hydrogen-bond donors (Lipinski definition) is 1. The van der Waals surface area contributed by atoms with Gasteiger partial charge in [-0.1, -0.05) is 29.3 Å². The second-order valence-corrected chi connectivity index (χ2v) is 5.28. The van der Waals surface area contributed by atoms with E-state index in [2.05, 4.69) is 10.3 Å². The highest BCUT2D eigenvalue weighted by atomic mass is 35.5. The molecule has 1 heterocycles. The highest BCUT2D eigenvalue weighted by molar-refractivity contribution is 6.31. The first-order valence-electron chi connectivity index (χ1n) is 6.56. The molecule has 0 saturated carbocycles. The topological polar surface area (TPSA) is 42.0 Å². The molecule has 0 unspecified atom stereocenters. The van der Waals surface area contributed by atoms with E-state index in [1.165, 1.54) is 0 Å². The molecule has 0 saturated heterocycles.